The van der Waals surface area contributed by atoms with Crippen LogP contribution in [0.1, 0.15) is 53.0 Å². The van der Waals surface area contributed by atoms with Gasteiger partial charge < -0.3 is 16.0 Å². The molecule has 9 heteroatoms. The summed E-state index contributed by atoms with van der Waals surface area (Å²) in [7, 11) is 0. The highest BCUT2D eigenvalue weighted by Gasteiger charge is 2.39. The Labute approximate surface area is 166 Å². The second kappa shape index (κ2) is 7.33. The first-order chi connectivity index (χ1) is 13.4. The van der Waals surface area contributed by atoms with Crippen molar-refractivity contribution in [2.75, 3.05) is 5.32 Å². The van der Waals surface area contributed by atoms with Gasteiger partial charge in [-0.3, -0.25) is 19.7 Å². The smallest absolute Gasteiger partial charge is 0.255 e. The minimum Gasteiger partial charge on any atom is -0.357 e. The van der Waals surface area contributed by atoms with Crippen LogP contribution in [0.3, 0.4) is 0 Å². The molecule has 2 aromatic rings. The van der Waals surface area contributed by atoms with Crippen LogP contribution in [0.25, 0.3) is 0 Å². The minimum absolute atomic E-state index is 0.128. The molecule has 0 saturated carbocycles. The lowest BCUT2D eigenvalue weighted by Crippen LogP contribution is -2.52. The van der Waals surface area contributed by atoms with Gasteiger partial charge in [-0.1, -0.05) is 18.2 Å². The molecule has 0 radical (unpaired) electrons. The van der Waals surface area contributed by atoms with Gasteiger partial charge in [-0.15, -0.1) is 11.3 Å². The van der Waals surface area contributed by atoms with Gasteiger partial charge in [-0.05, 0) is 24.5 Å². The van der Waals surface area contributed by atoms with Crippen LogP contribution < -0.4 is 16.4 Å². The van der Waals surface area contributed by atoms with E-state index < -0.39 is 11.9 Å². The number of hydrogen-bond acceptors (Lipinski definition) is 7. The number of aromatic nitrogens is 1. The van der Waals surface area contributed by atoms with Crippen LogP contribution in [0.4, 0.5) is 5.13 Å². The monoisotopic (exact) mass is 399 g/mol. The molecule has 2 aliphatic rings. The van der Waals surface area contributed by atoms with Crippen molar-refractivity contribution in [3.05, 3.63) is 46.0 Å². The lowest BCUT2D eigenvalue weighted by Gasteiger charge is -2.29. The van der Waals surface area contributed by atoms with E-state index in [1.165, 1.54) is 11.3 Å². The van der Waals surface area contributed by atoms with Crippen LogP contribution in [0.5, 0.6) is 0 Å². The maximum atomic E-state index is 13.1. The maximum absolute atomic E-state index is 13.1. The number of anilines is 1. The summed E-state index contributed by atoms with van der Waals surface area (Å²) in [6.07, 6.45) is 0.605. The van der Waals surface area contributed by atoms with Crippen molar-refractivity contribution >= 4 is 34.2 Å². The number of imide groups is 1. The Balaban J connectivity index is 1.51. The van der Waals surface area contributed by atoms with Gasteiger partial charge in [-0.25, -0.2) is 4.98 Å². The van der Waals surface area contributed by atoms with Crippen molar-refractivity contribution in [1.82, 2.24) is 15.2 Å². The number of amides is 3. The van der Waals surface area contributed by atoms with Crippen molar-refractivity contribution in [3.63, 3.8) is 0 Å². The van der Waals surface area contributed by atoms with Crippen molar-refractivity contribution in [2.24, 2.45) is 5.73 Å². The third kappa shape index (κ3) is 3.38. The minimum atomic E-state index is -0.606. The third-order valence-corrected chi connectivity index (χ3v) is 5.88. The van der Waals surface area contributed by atoms with Crippen molar-refractivity contribution in [3.8, 4) is 0 Å². The van der Waals surface area contributed by atoms with E-state index in [1.54, 1.807) is 4.90 Å². The molecule has 0 aliphatic carbocycles. The molecule has 4 N–H and O–H groups in total. The lowest BCUT2D eigenvalue weighted by atomic mass is 10.0. The van der Waals surface area contributed by atoms with Crippen LogP contribution in [-0.2, 0) is 22.7 Å². The summed E-state index contributed by atoms with van der Waals surface area (Å²) in [6, 6.07) is 4.98. The number of hydrogen-bond donors (Lipinski definition) is 3. The summed E-state index contributed by atoms with van der Waals surface area (Å²) in [5.41, 5.74) is 9.05. The summed E-state index contributed by atoms with van der Waals surface area (Å²) >= 11 is 1.47. The number of carbonyl (C=O) groups excluding carboxylic acids is 3. The fourth-order valence-electron chi connectivity index (χ4n) is 3.58. The first kappa shape index (κ1) is 18.6. The predicted molar refractivity (Wildman–Crippen MR) is 105 cm³/mol. The lowest BCUT2D eigenvalue weighted by molar-refractivity contribution is -0.136. The summed E-state index contributed by atoms with van der Waals surface area (Å²) in [5.74, 6) is -0.856. The molecule has 1 fully saturated rings. The molecule has 8 nitrogen and oxygen atoms in total. The number of fused-ring (bicyclic) bond motifs is 1. The number of carbonyl (C=O) groups is 3. The van der Waals surface area contributed by atoms with Crippen molar-refractivity contribution in [1.29, 1.82) is 0 Å². The Morgan fingerprint density at radius 2 is 2.21 bits per heavy atom. The zero-order chi connectivity index (χ0) is 19.8. The molecule has 4 rings (SSSR count). The Hall–Kier alpha value is -2.78. The van der Waals surface area contributed by atoms with Crippen LogP contribution in [0.15, 0.2) is 23.6 Å². The van der Waals surface area contributed by atoms with E-state index in [-0.39, 0.29) is 24.3 Å². The zero-order valence-corrected chi connectivity index (χ0v) is 16.2. The molecule has 28 heavy (non-hydrogen) atoms. The Morgan fingerprint density at radius 3 is 2.93 bits per heavy atom. The first-order valence-corrected chi connectivity index (χ1v) is 10.0. The van der Waals surface area contributed by atoms with Gasteiger partial charge in [0.15, 0.2) is 5.13 Å². The highest BCUT2D eigenvalue weighted by Crippen LogP contribution is 2.30. The largest absolute Gasteiger partial charge is 0.357 e. The van der Waals surface area contributed by atoms with E-state index in [4.69, 9.17) is 5.73 Å². The number of piperidine rings is 1. The third-order valence-electron chi connectivity index (χ3n) is 5.06. The number of rotatable bonds is 5. The van der Waals surface area contributed by atoms with Gasteiger partial charge in [0.1, 0.15) is 6.04 Å². The molecule has 2 atom stereocenters. The van der Waals surface area contributed by atoms with E-state index in [2.05, 4.69) is 15.6 Å². The summed E-state index contributed by atoms with van der Waals surface area (Å²) in [6.45, 7) is 2.70. The van der Waals surface area contributed by atoms with Crippen LogP contribution in [0.2, 0.25) is 0 Å². The number of benzene rings is 1. The number of thiazole rings is 1. The van der Waals surface area contributed by atoms with Gasteiger partial charge in [0.05, 0.1) is 5.69 Å². The summed E-state index contributed by atoms with van der Waals surface area (Å²) in [4.78, 5) is 42.6. The van der Waals surface area contributed by atoms with Crippen molar-refractivity contribution < 1.29 is 14.4 Å². The molecule has 2 aliphatic heterocycles. The van der Waals surface area contributed by atoms with Gasteiger partial charge in [-0.2, -0.15) is 0 Å². The fraction of sp³-hybridized carbons (Fsp3) is 0.368. The van der Waals surface area contributed by atoms with Crippen LogP contribution in [-0.4, -0.2) is 33.6 Å². The number of nitrogens with two attached hydrogens (primary N) is 1. The number of nitrogens with zero attached hydrogens (tertiary/aromatic N) is 2. The second-order valence-electron chi connectivity index (χ2n) is 7.07. The molecular weight excluding hydrogens is 378 g/mol. The highest BCUT2D eigenvalue weighted by atomic mass is 32.1. The van der Waals surface area contributed by atoms with E-state index in [1.807, 2.05) is 30.5 Å². The molecule has 0 bridgehead atoms. The van der Waals surface area contributed by atoms with Gasteiger partial charge in [0, 0.05) is 36.5 Å². The Kier molecular flexibility index (Phi) is 4.86. The zero-order valence-electron chi connectivity index (χ0n) is 15.4. The molecule has 1 saturated heterocycles. The summed E-state index contributed by atoms with van der Waals surface area (Å²) < 4.78 is 0. The fourth-order valence-corrected chi connectivity index (χ4v) is 4.40. The second-order valence-corrected chi connectivity index (χ2v) is 7.93. The van der Waals surface area contributed by atoms with E-state index in [0.717, 1.165) is 22.0 Å². The van der Waals surface area contributed by atoms with Gasteiger partial charge >= 0.3 is 0 Å². The standard InChI is InChI=1S/C19H21N5O3S/c1-10(20)13-9-28-19(22-13)21-7-11-3-2-4-12-8-24(18(27)16(11)12)14-5-6-15(25)23-17(14)26/h2-4,9-10,14H,5-8,20H2,1H3,(H,21,22)(H,23,25,26)/t10-,14?/m1/s1. The predicted octanol–water partition coefficient (Wildman–Crippen LogP) is 1.54. The van der Waals surface area contributed by atoms with E-state index in [9.17, 15) is 14.4 Å². The van der Waals surface area contributed by atoms with Crippen LogP contribution >= 0.6 is 11.3 Å². The molecule has 1 aromatic heterocycles. The van der Waals surface area contributed by atoms with Crippen molar-refractivity contribution in [2.45, 2.75) is 44.9 Å². The molecule has 3 amide bonds. The average Bonchev–Trinajstić information content (AvgIpc) is 3.26. The average molecular weight is 399 g/mol. The van der Waals surface area contributed by atoms with E-state index >= 15 is 0 Å². The Bertz CT molecular complexity index is 955. The van der Waals surface area contributed by atoms with E-state index in [0.29, 0.717) is 25.1 Å². The molecular formula is C19H21N5O3S. The molecule has 0 spiro atoms. The Morgan fingerprint density at radius 1 is 1.39 bits per heavy atom. The maximum Gasteiger partial charge on any atom is 0.255 e. The first-order valence-electron chi connectivity index (χ1n) is 9.14. The highest BCUT2D eigenvalue weighted by molar-refractivity contribution is 7.13. The SMILES string of the molecule is C[C@@H](N)c1csc(NCc2cccc3c2C(=O)N(C2CCC(=O)NC2=O)C3)n1. The van der Waals surface area contributed by atoms with Gasteiger partial charge in [0.2, 0.25) is 11.8 Å². The quantitative estimate of drug-likeness (QED) is 0.657. The number of nitrogens with one attached hydrogen (secondary N) is 2. The normalized spacial score (nSPS) is 20.1. The topological polar surface area (TPSA) is 117 Å². The molecule has 146 valence electrons. The summed E-state index contributed by atoms with van der Waals surface area (Å²) in [5, 5.41) is 8.24. The molecule has 3 heterocycles. The van der Waals surface area contributed by atoms with Gasteiger partial charge in [0.25, 0.3) is 5.91 Å². The molecule has 1 unspecified atom stereocenters. The molecule has 1 aromatic carbocycles. The van der Waals surface area contributed by atoms with Crippen LogP contribution in [0, 0.1) is 0 Å².